The number of benzene rings is 3. The fraction of sp³-hybridized carbons (Fsp3) is 0.296. The van der Waals surface area contributed by atoms with Crippen LogP contribution in [0.3, 0.4) is 0 Å². The molecule has 11 heteroatoms. The standard InChI is InChI=1S/C27H31N5O5S/c1-3-30-25(33)17-32(38(35,36)23-10-8-19-7-9-22(37-2)14-21(19)15-23)24-11-12-31(27(24)34)16-18-5-4-6-20(13-18)26(28)29/h4-10,13-15,24H,3,11-12,16-17H2,1-2H3,(H3,28,29)(H,30,33)/t24-/m0/s1. The van der Waals surface area contributed by atoms with Gasteiger partial charge < -0.3 is 20.7 Å². The Balaban J connectivity index is 1.65. The summed E-state index contributed by atoms with van der Waals surface area (Å²) in [6, 6.07) is 16.0. The predicted molar refractivity (Wildman–Crippen MR) is 144 cm³/mol. The Bertz CT molecular complexity index is 1490. The molecule has 1 saturated heterocycles. The average Bonchev–Trinajstić information content (AvgIpc) is 3.25. The van der Waals surface area contributed by atoms with Gasteiger partial charge in [0.2, 0.25) is 21.8 Å². The molecule has 1 aliphatic rings. The van der Waals surface area contributed by atoms with Gasteiger partial charge in [-0.15, -0.1) is 0 Å². The largest absolute Gasteiger partial charge is 0.497 e. The number of ether oxygens (including phenoxy) is 1. The Morgan fingerprint density at radius 2 is 1.92 bits per heavy atom. The van der Waals surface area contributed by atoms with Gasteiger partial charge in [-0.25, -0.2) is 8.42 Å². The van der Waals surface area contributed by atoms with E-state index in [2.05, 4.69) is 5.32 Å². The van der Waals surface area contributed by atoms with Gasteiger partial charge in [-0.05, 0) is 60.0 Å². The number of hydrogen-bond donors (Lipinski definition) is 3. The highest BCUT2D eigenvalue weighted by molar-refractivity contribution is 7.89. The molecule has 4 rings (SSSR count). The zero-order chi connectivity index (χ0) is 27.4. The summed E-state index contributed by atoms with van der Waals surface area (Å²) >= 11 is 0. The molecule has 0 aromatic heterocycles. The fourth-order valence-electron chi connectivity index (χ4n) is 4.59. The van der Waals surface area contributed by atoms with E-state index in [0.717, 1.165) is 15.3 Å². The number of fused-ring (bicyclic) bond motifs is 1. The van der Waals surface area contributed by atoms with Gasteiger partial charge in [0.15, 0.2) is 0 Å². The second-order valence-electron chi connectivity index (χ2n) is 9.06. The van der Waals surface area contributed by atoms with Crippen LogP contribution in [0, 0.1) is 5.41 Å². The summed E-state index contributed by atoms with van der Waals surface area (Å²) in [5, 5.41) is 11.8. The van der Waals surface area contributed by atoms with Crippen molar-refractivity contribution in [2.24, 2.45) is 5.73 Å². The predicted octanol–water partition coefficient (Wildman–Crippen LogP) is 2.06. The smallest absolute Gasteiger partial charge is 0.244 e. The molecule has 0 radical (unpaired) electrons. The fourth-order valence-corrected chi connectivity index (χ4v) is 6.19. The van der Waals surface area contributed by atoms with E-state index in [4.69, 9.17) is 15.9 Å². The summed E-state index contributed by atoms with van der Waals surface area (Å²) in [4.78, 5) is 27.6. The molecule has 0 bridgehead atoms. The first-order chi connectivity index (χ1) is 18.1. The molecule has 0 unspecified atom stereocenters. The van der Waals surface area contributed by atoms with Crippen LogP contribution in [-0.2, 0) is 26.2 Å². The van der Waals surface area contributed by atoms with Gasteiger partial charge in [0.1, 0.15) is 17.6 Å². The van der Waals surface area contributed by atoms with E-state index in [-0.39, 0.29) is 29.6 Å². The molecule has 1 heterocycles. The van der Waals surface area contributed by atoms with Gasteiger partial charge in [-0.2, -0.15) is 4.31 Å². The lowest BCUT2D eigenvalue weighted by molar-refractivity contribution is -0.131. The molecule has 0 spiro atoms. The van der Waals surface area contributed by atoms with Crippen LogP contribution in [-0.4, -0.2) is 68.1 Å². The molecule has 10 nitrogen and oxygen atoms in total. The van der Waals surface area contributed by atoms with Crippen molar-refractivity contribution >= 4 is 38.4 Å². The van der Waals surface area contributed by atoms with Crippen molar-refractivity contribution in [1.29, 1.82) is 5.41 Å². The summed E-state index contributed by atoms with van der Waals surface area (Å²) in [5.41, 5.74) is 6.90. The third-order valence-corrected chi connectivity index (χ3v) is 8.38. The van der Waals surface area contributed by atoms with Crippen molar-refractivity contribution in [3.05, 3.63) is 71.8 Å². The Hall–Kier alpha value is -3.96. The number of nitrogens with one attached hydrogen (secondary N) is 2. The molecule has 3 aromatic rings. The van der Waals surface area contributed by atoms with Crippen LogP contribution in [0.25, 0.3) is 10.8 Å². The Morgan fingerprint density at radius 3 is 2.63 bits per heavy atom. The monoisotopic (exact) mass is 537 g/mol. The first-order valence-corrected chi connectivity index (χ1v) is 13.7. The van der Waals surface area contributed by atoms with Crippen molar-refractivity contribution in [2.45, 2.75) is 30.8 Å². The molecule has 200 valence electrons. The highest BCUT2D eigenvalue weighted by Crippen LogP contribution is 2.29. The zero-order valence-electron chi connectivity index (χ0n) is 21.3. The number of rotatable bonds is 10. The first kappa shape index (κ1) is 27.1. The minimum absolute atomic E-state index is 0.0111. The number of amides is 2. The normalized spacial score (nSPS) is 15.7. The van der Waals surface area contributed by atoms with Crippen LogP contribution >= 0.6 is 0 Å². The lowest BCUT2D eigenvalue weighted by Crippen LogP contribution is -2.49. The van der Waals surface area contributed by atoms with E-state index in [1.165, 1.54) is 19.2 Å². The number of nitrogens with zero attached hydrogens (tertiary/aromatic N) is 2. The van der Waals surface area contributed by atoms with E-state index in [9.17, 15) is 18.0 Å². The number of amidine groups is 1. The maximum Gasteiger partial charge on any atom is 0.244 e. The van der Waals surface area contributed by atoms with Gasteiger partial charge in [-0.3, -0.25) is 15.0 Å². The molecule has 38 heavy (non-hydrogen) atoms. The van der Waals surface area contributed by atoms with Gasteiger partial charge in [0, 0.05) is 25.2 Å². The van der Waals surface area contributed by atoms with Gasteiger partial charge in [0.25, 0.3) is 0 Å². The van der Waals surface area contributed by atoms with Gasteiger partial charge in [0.05, 0.1) is 18.6 Å². The molecular formula is C27H31N5O5S. The molecular weight excluding hydrogens is 506 g/mol. The second-order valence-corrected chi connectivity index (χ2v) is 10.9. The summed E-state index contributed by atoms with van der Waals surface area (Å²) in [5.74, 6) is -0.362. The number of carbonyl (C=O) groups excluding carboxylic acids is 2. The van der Waals surface area contributed by atoms with E-state index in [0.29, 0.717) is 29.8 Å². The highest BCUT2D eigenvalue weighted by atomic mass is 32.2. The van der Waals surface area contributed by atoms with Crippen molar-refractivity contribution < 1.29 is 22.7 Å². The molecule has 0 saturated carbocycles. The van der Waals surface area contributed by atoms with Crippen LogP contribution in [0.1, 0.15) is 24.5 Å². The summed E-state index contributed by atoms with van der Waals surface area (Å²) in [7, 11) is -2.69. The van der Waals surface area contributed by atoms with Crippen LogP contribution in [0.2, 0.25) is 0 Å². The minimum atomic E-state index is -4.22. The summed E-state index contributed by atoms with van der Waals surface area (Å²) < 4.78 is 34.1. The molecule has 2 amide bonds. The van der Waals surface area contributed by atoms with Gasteiger partial charge in [-0.1, -0.05) is 30.3 Å². The van der Waals surface area contributed by atoms with E-state index >= 15 is 0 Å². The number of carbonyl (C=O) groups is 2. The van der Waals surface area contributed by atoms with Crippen LogP contribution in [0.4, 0.5) is 0 Å². The molecule has 1 aliphatic heterocycles. The maximum atomic E-state index is 13.9. The number of nitrogen functional groups attached to an aromatic ring is 1. The van der Waals surface area contributed by atoms with E-state index in [1.54, 1.807) is 48.2 Å². The Labute approximate surface area is 221 Å². The molecule has 3 aromatic carbocycles. The van der Waals surface area contributed by atoms with E-state index < -0.39 is 28.5 Å². The lowest BCUT2D eigenvalue weighted by Gasteiger charge is -2.27. The number of hydrogen-bond acceptors (Lipinski definition) is 6. The van der Waals surface area contributed by atoms with Crippen LogP contribution < -0.4 is 15.8 Å². The third-order valence-electron chi connectivity index (χ3n) is 6.53. The SMILES string of the molecule is CCNC(=O)CN([C@H]1CCN(Cc2cccc(C(=N)N)c2)C1=O)S(=O)(=O)c1ccc2ccc(OC)cc2c1. The number of likely N-dealkylation sites (tertiary alicyclic amines) is 1. The minimum Gasteiger partial charge on any atom is -0.497 e. The van der Waals surface area contributed by atoms with Crippen LogP contribution in [0.5, 0.6) is 5.75 Å². The zero-order valence-corrected chi connectivity index (χ0v) is 22.1. The first-order valence-electron chi connectivity index (χ1n) is 12.2. The van der Waals surface area contributed by atoms with Crippen LogP contribution in [0.15, 0.2) is 65.6 Å². The van der Waals surface area contributed by atoms with Crippen molar-refractivity contribution in [3.63, 3.8) is 0 Å². The molecule has 1 fully saturated rings. The third kappa shape index (κ3) is 5.63. The van der Waals surface area contributed by atoms with E-state index in [1.807, 2.05) is 12.1 Å². The molecule has 1 atom stereocenters. The number of nitrogens with two attached hydrogens (primary N) is 1. The number of likely N-dealkylation sites (N-methyl/N-ethyl adjacent to an activating group) is 1. The molecule has 0 aliphatic carbocycles. The highest BCUT2D eigenvalue weighted by Gasteiger charge is 2.42. The number of methoxy groups -OCH3 is 1. The topological polar surface area (TPSA) is 146 Å². The van der Waals surface area contributed by atoms with Crippen molar-refractivity contribution in [1.82, 2.24) is 14.5 Å². The number of sulfonamides is 1. The molecule has 4 N–H and O–H groups in total. The van der Waals surface area contributed by atoms with Gasteiger partial charge >= 0.3 is 0 Å². The Morgan fingerprint density at radius 1 is 1.16 bits per heavy atom. The Kier molecular flexibility index (Phi) is 7.98. The lowest BCUT2D eigenvalue weighted by atomic mass is 10.1. The summed E-state index contributed by atoms with van der Waals surface area (Å²) in [6.07, 6.45) is 0.241. The van der Waals surface area contributed by atoms with Crippen molar-refractivity contribution in [2.75, 3.05) is 26.7 Å². The quantitative estimate of drug-likeness (QED) is 0.267. The average molecular weight is 538 g/mol. The summed E-state index contributed by atoms with van der Waals surface area (Å²) in [6.45, 7) is 2.16. The maximum absolute atomic E-state index is 13.9. The second kappa shape index (κ2) is 11.2. The van der Waals surface area contributed by atoms with Crippen molar-refractivity contribution in [3.8, 4) is 5.75 Å².